The summed E-state index contributed by atoms with van der Waals surface area (Å²) in [7, 11) is 1.68. The molecule has 3 aromatic rings. The van der Waals surface area contributed by atoms with Crippen molar-refractivity contribution in [3.8, 4) is 11.4 Å². The van der Waals surface area contributed by atoms with Crippen molar-refractivity contribution in [3.63, 3.8) is 0 Å². The van der Waals surface area contributed by atoms with Crippen molar-refractivity contribution in [2.75, 3.05) is 20.2 Å². The normalized spacial score (nSPS) is 15.2. The molecule has 0 saturated carbocycles. The Labute approximate surface area is 141 Å². The number of hydrogen-bond donors (Lipinski definition) is 0. The first kappa shape index (κ1) is 14.9. The summed E-state index contributed by atoms with van der Waals surface area (Å²) in [5.74, 6) is 2.54. The SMILES string of the molecule is COc1ccc(-n2ccnc2CN2CC(c3ccncc3)C2)cc1. The second kappa shape index (κ2) is 6.45. The molecule has 5 heteroatoms. The molecule has 122 valence electrons. The summed E-state index contributed by atoms with van der Waals surface area (Å²) in [6.07, 6.45) is 7.61. The fourth-order valence-electron chi connectivity index (χ4n) is 3.17. The van der Waals surface area contributed by atoms with Gasteiger partial charge in [0, 0.05) is 49.5 Å². The molecule has 0 bridgehead atoms. The molecule has 0 radical (unpaired) electrons. The van der Waals surface area contributed by atoms with Crippen LogP contribution in [-0.4, -0.2) is 39.6 Å². The number of aromatic nitrogens is 3. The maximum Gasteiger partial charge on any atom is 0.127 e. The highest BCUT2D eigenvalue weighted by atomic mass is 16.5. The molecule has 1 aliphatic rings. The third kappa shape index (κ3) is 2.90. The Balaban J connectivity index is 1.43. The number of likely N-dealkylation sites (tertiary alicyclic amines) is 1. The minimum absolute atomic E-state index is 0.609. The molecule has 1 aliphatic heterocycles. The van der Waals surface area contributed by atoms with E-state index < -0.39 is 0 Å². The van der Waals surface area contributed by atoms with Gasteiger partial charge in [-0.3, -0.25) is 9.88 Å². The van der Waals surface area contributed by atoms with E-state index in [9.17, 15) is 0 Å². The summed E-state index contributed by atoms with van der Waals surface area (Å²) in [5.41, 5.74) is 2.48. The van der Waals surface area contributed by atoms with E-state index in [0.29, 0.717) is 5.92 Å². The summed E-state index contributed by atoms with van der Waals surface area (Å²) < 4.78 is 7.36. The number of hydrogen-bond acceptors (Lipinski definition) is 4. The van der Waals surface area contributed by atoms with E-state index in [-0.39, 0.29) is 0 Å². The molecule has 4 rings (SSSR count). The zero-order valence-electron chi connectivity index (χ0n) is 13.7. The van der Waals surface area contributed by atoms with Gasteiger partial charge in [-0.15, -0.1) is 0 Å². The van der Waals surface area contributed by atoms with Crippen LogP contribution in [0.1, 0.15) is 17.3 Å². The minimum Gasteiger partial charge on any atom is -0.497 e. The average Bonchev–Trinajstić information content (AvgIpc) is 3.07. The highest BCUT2D eigenvalue weighted by Gasteiger charge is 2.28. The lowest BCUT2D eigenvalue weighted by Crippen LogP contribution is -2.44. The van der Waals surface area contributed by atoms with Crippen LogP contribution in [0.25, 0.3) is 5.69 Å². The lowest BCUT2D eigenvalue weighted by atomic mass is 9.92. The van der Waals surface area contributed by atoms with Crippen LogP contribution in [0.3, 0.4) is 0 Å². The maximum absolute atomic E-state index is 5.22. The van der Waals surface area contributed by atoms with Crippen LogP contribution < -0.4 is 4.74 Å². The fraction of sp³-hybridized carbons (Fsp3) is 0.263. The standard InChI is InChI=1S/C19H20N4O/c1-24-18-4-2-17(3-5-18)23-11-10-21-19(23)14-22-12-16(13-22)15-6-8-20-9-7-15/h2-11,16H,12-14H2,1H3. The molecule has 0 amide bonds. The average molecular weight is 320 g/mol. The fourth-order valence-corrected chi connectivity index (χ4v) is 3.17. The molecule has 5 nitrogen and oxygen atoms in total. The molecule has 0 spiro atoms. The van der Waals surface area contributed by atoms with Crippen molar-refractivity contribution >= 4 is 0 Å². The van der Waals surface area contributed by atoms with Gasteiger partial charge in [0.2, 0.25) is 0 Å². The minimum atomic E-state index is 0.609. The van der Waals surface area contributed by atoms with E-state index in [2.05, 4.69) is 43.7 Å². The Morgan fingerprint density at radius 2 is 1.79 bits per heavy atom. The van der Waals surface area contributed by atoms with Crippen LogP contribution in [0.5, 0.6) is 5.75 Å². The predicted molar refractivity (Wildman–Crippen MR) is 92.4 cm³/mol. The largest absolute Gasteiger partial charge is 0.497 e. The van der Waals surface area contributed by atoms with Crippen LogP contribution in [0, 0.1) is 0 Å². The van der Waals surface area contributed by atoms with Crippen molar-refractivity contribution in [1.29, 1.82) is 0 Å². The number of pyridine rings is 1. The van der Waals surface area contributed by atoms with Gasteiger partial charge in [-0.2, -0.15) is 0 Å². The molecule has 0 N–H and O–H groups in total. The smallest absolute Gasteiger partial charge is 0.127 e. The molecule has 1 aromatic carbocycles. The van der Waals surface area contributed by atoms with Crippen molar-refractivity contribution in [3.05, 3.63) is 72.6 Å². The van der Waals surface area contributed by atoms with E-state index in [1.807, 2.05) is 36.9 Å². The number of nitrogens with zero attached hydrogens (tertiary/aromatic N) is 4. The Bertz CT molecular complexity index is 792. The number of ether oxygens (including phenoxy) is 1. The van der Waals surface area contributed by atoms with Crippen LogP contribution in [0.2, 0.25) is 0 Å². The van der Waals surface area contributed by atoms with Crippen LogP contribution in [0.4, 0.5) is 0 Å². The molecular weight excluding hydrogens is 300 g/mol. The Hall–Kier alpha value is -2.66. The molecule has 0 aliphatic carbocycles. The zero-order chi connectivity index (χ0) is 16.4. The molecule has 1 saturated heterocycles. The first-order chi connectivity index (χ1) is 11.8. The molecular formula is C19H20N4O. The Morgan fingerprint density at radius 1 is 1.04 bits per heavy atom. The summed E-state index contributed by atoms with van der Waals surface area (Å²) in [4.78, 5) is 11.0. The van der Waals surface area contributed by atoms with Crippen LogP contribution in [-0.2, 0) is 6.54 Å². The van der Waals surface area contributed by atoms with E-state index in [1.54, 1.807) is 7.11 Å². The van der Waals surface area contributed by atoms with E-state index >= 15 is 0 Å². The van der Waals surface area contributed by atoms with Gasteiger partial charge < -0.3 is 9.30 Å². The summed E-state index contributed by atoms with van der Waals surface area (Å²) in [6.45, 7) is 3.00. The van der Waals surface area contributed by atoms with Gasteiger partial charge in [0.05, 0.1) is 13.7 Å². The Morgan fingerprint density at radius 3 is 2.50 bits per heavy atom. The molecule has 1 fully saturated rings. The highest BCUT2D eigenvalue weighted by Crippen LogP contribution is 2.28. The van der Waals surface area contributed by atoms with Crippen molar-refractivity contribution in [1.82, 2.24) is 19.4 Å². The van der Waals surface area contributed by atoms with Gasteiger partial charge in [-0.25, -0.2) is 4.98 Å². The third-order valence-corrected chi connectivity index (χ3v) is 4.57. The number of methoxy groups -OCH3 is 1. The van der Waals surface area contributed by atoms with Gasteiger partial charge in [-0.05, 0) is 42.0 Å². The van der Waals surface area contributed by atoms with Crippen molar-refractivity contribution < 1.29 is 4.74 Å². The van der Waals surface area contributed by atoms with Crippen LogP contribution >= 0.6 is 0 Å². The van der Waals surface area contributed by atoms with Gasteiger partial charge in [0.1, 0.15) is 11.6 Å². The Kier molecular flexibility index (Phi) is 4.01. The maximum atomic E-state index is 5.22. The van der Waals surface area contributed by atoms with Crippen molar-refractivity contribution in [2.24, 2.45) is 0 Å². The van der Waals surface area contributed by atoms with E-state index in [0.717, 1.165) is 36.9 Å². The zero-order valence-corrected chi connectivity index (χ0v) is 13.7. The highest BCUT2D eigenvalue weighted by molar-refractivity contribution is 5.38. The second-order valence-corrected chi connectivity index (χ2v) is 6.08. The van der Waals surface area contributed by atoms with Crippen molar-refractivity contribution in [2.45, 2.75) is 12.5 Å². The van der Waals surface area contributed by atoms with Gasteiger partial charge in [-0.1, -0.05) is 0 Å². The number of rotatable bonds is 5. The van der Waals surface area contributed by atoms with Gasteiger partial charge >= 0.3 is 0 Å². The summed E-state index contributed by atoms with van der Waals surface area (Å²) in [5, 5.41) is 0. The van der Waals surface area contributed by atoms with Crippen LogP contribution in [0.15, 0.2) is 61.2 Å². The third-order valence-electron chi connectivity index (χ3n) is 4.57. The molecule has 0 unspecified atom stereocenters. The van der Waals surface area contributed by atoms with E-state index in [1.165, 1.54) is 5.56 Å². The molecule has 3 heterocycles. The number of benzene rings is 1. The lowest BCUT2D eigenvalue weighted by molar-refractivity contribution is 0.135. The molecule has 24 heavy (non-hydrogen) atoms. The first-order valence-corrected chi connectivity index (χ1v) is 8.12. The summed E-state index contributed by atoms with van der Waals surface area (Å²) in [6, 6.07) is 12.3. The predicted octanol–water partition coefficient (Wildman–Crippen LogP) is 2.88. The van der Waals surface area contributed by atoms with E-state index in [4.69, 9.17) is 4.74 Å². The van der Waals surface area contributed by atoms with Gasteiger partial charge in [0.25, 0.3) is 0 Å². The molecule has 0 atom stereocenters. The first-order valence-electron chi connectivity index (χ1n) is 8.12. The number of imidazole rings is 1. The quantitative estimate of drug-likeness (QED) is 0.725. The lowest BCUT2D eigenvalue weighted by Gasteiger charge is -2.39. The van der Waals surface area contributed by atoms with Gasteiger partial charge in [0.15, 0.2) is 0 Å². The monoisotopic (exact) mass is 320 g/mol. The topological polar surface area (TPSA) is 43.2 Å². The second-order valence-electron chi connectivity index (χ2n) is 6.08. The summed E-state index contributed by atoms with van der Waals surface area (Å²) >= 11 is 0. The molecule has 2 aromatic heterocycles.